The van der Waals surface area contributed by atoms with Crippen LogP contribution in [0.4, 0.5) is 0 Å². The summed E-state index contributed by atoms with van der Waals surface area (Å²) in [6, 6.07) is 3.40. The summed E-state index contributed by atoms with van der Waals surface area (Å²) in [5.41, 5.74) is 1.04. The molecule has 1 N–H and O–H groups in total. The lowest BCUT2D eigenvalue weighted by Gasteiger charge is -1.99. The maximum atomic E-state index is 9.09. The lowest BCUT2D eigenvalue weighted by molar-refractivity contribution is 0.475. The van der Waals surface area contributed by atoms with E-state index in [0.29, 0.717) is 5.02 Å². The van der Waals surface area contributed by atoms with Crippen molar-refractivity contribution in [1.82, 2.24) is 0 Å². The fraction of sp³-hybridized carbons (Fsp3) is 0.143. The standard InChI is InChI=1S/C7H6ClIO/c1-4-2-7(10)5(8)3-6(4)9/h2-3,10H,1H3. The van der Waals surface area contributed by atoms with Crippen molar-refractivity contribution in [2.45, 2.75) is 6.92 Å². The quantitative estimate of drug-likeness (QED) is 0.717. The van der Waals surface area contributed by atoms with E-state index in [1.165, 1.54) is 0 Å². The minimum Gasteiger partial charge on any atom is -0.506 e. The number of aromatic hydroxyl groups is 1. The molecule has 0 fully saturated rings. The molecule has 0 atom stereocenters. The third kappa shape index (κ3) is 1.55. The van der Waals surface area contributed by atoms with E-state index in [1.54, 1.807) is 12.1 Å². The molecule has 3 heteroatoms. The zero-order valence-corrected chi connectivity index (χ0v) is 8.27. The Morgan fingerprint density at radius 2 is 2.10 bits per heavy atom. The maximum absolute atomic E-state index is 9.09. The van der Waals surface area contributed by atoms with E-state index < -0.39 is 0 Å². The summed E-state index contributed by atoms with van der Waals surface area (Å²) in [5.74, 6) is 0.152. The highest BCUT2D eigenvalue weighted by molar-refractivity contribution is 14.1. The fourth-order valence-electron chi connectivity index (χ4n) is 0.642. The first kappa shape index (κ1) is 8.14. The van der Waals surface area contributed by atoms with Crippen LogP contribution in [0, 0.1) is 10.5 Å². The SMILES string of the molecule is Cc1cc(O)c(Cl)cc1I. The molecule has 0 amide bonds. The first-order valence-corrected chi connectivity index (χ1v) is 4.21. The number of hydrogen-bond acceptors (Lipinski definition) is 1. The third-order valence-corrected chi connectivity index (χ3v) is 2.69. The van der Waals surface area contributed by atoms with E-state index in [9.17, 15) is 0 Å². The van der Waals surface area contributed by atoms with Gasteiger partial charge in [-0.1, -0.05) is 11.6 Å². The van der Waals surface area contributed by atoms with Crippen molar-refractivity contribution >= 4 is 34.2 Å². The van der Waals surface area contributed by atoms with Crippen LogP contribution in [-0.2, 0) is 0 Å². The molecule has 1 nitrogen and oxygen atoms in total. The average molecular weight is 268 g/mol. The summed E-state index contributed by atoms with van der Waals surface area (Å²) in [6.45, 7) is 1.93. The van der Waals surface area contributed by atoms with Gasteiger partial charge >= 0.3 is 0 Å². The minimum atomic E-state index is 0.152. The van der Waals surface area contributed by atoms with E-state index >= 15 is 0 Å². The van der Waals surface area contributed by atoms with Gasteiger partial charge in [-0.3, -0.25) is 0 Å². The Balaban J connectivity index is 3.28. The van der Waals surface area contributed by atoms with Crippen LogP contribution >= 0.6 is 34.2 Å². The van der Waals surface area contributed by atoms with Gasteiger partial charge in [-0.15, -0.1) is 0 Å². The minimum absolute atomic E-state index is 0.152. The number of hydrogen-bond donors (Lipinski definition) is 1. The smallest absolute Gasteiger partial charge is 0.134 e. The average Bonchev–Trinajstić information content (AvgIpc) is 1.84. The summed E-state index contributed by atoms with van der Waals surface area (Å²) < 4.78 is 1.07. The van der Waals surface area contributed by atoms with Gasteiger partial charge < -0.3 is 5.11 Å². The van der Waals surface area contributed by atoms with E-state index in [0.717, 1.165) is 9.13 Å². The van der Waals surface area contributed by atoms with Crippen LogP contribution in [0.1, 0.15) is 5.56 Å². The molecule has 0 aliphatic carbocycles. The second kappa shape index (κ2) is 2.96. The summed E-state index contributed by atoms with van der Waals surface area (Å²) in [6.07, 6.45) is 0. The number of benzene rings is 1. The van der Waals surface area contributed by atoms with Gasteiger partial charge in [0.05, 0.1) is 5.02 Å². The molecule has 0 radical (unpaired) electrons. The Morgan fingerprint density at radius 1 is 1.50 bits per heavy atom. The highest BCUT2D eigenvalue weighted by atomic mass is 127. The molecular weight excluding hydrogens is 262 g/mol. The van der Waals surface area contributed by atoms with Crippen LogP contribution in [-0.4, -0.2) is 5.11 Å². The largest absolute Gasteiger partial charge is 0.506 e. The number of aryl methyl sites for hydroxylation is 1. The summed E-state index contributed by atoms with van der Waals surface area (Å²) in [7, 11) is 0. The highest BCUT2D eigenvalue weighted by Gasteiger charge is 2.00. The van der Waals surface area contributed by atoms with Crippen LogP contribution in [0.15, 0.2) is 12.1 Å². The number of phenols is 1. The van der Waals surface area contributed by atoms with E-state index in [4.69, 9.17) is 16.7 Å². The molecule has 1 rings (SSSR count). The van der Waals surface area contributed by atoms with E-state index in [-0.39, 0.29) is 5.75 Å². The van der Waals surface area contributed by atoms with Gasteiger partial charge in [-0.2, -0.15) is 0 Å². The lowest BCUT2D eigenvalue weighted by atomic mass is 10.2. The molecule has 0 bridgehead atoms. The molecule has 0 aliphatic heterocycles. The molecule has 0 aromatic heterocycles. The molecule has 0 spiro atoms. The van der Waals surface area contributed by atoms with Crippen molar-refractivity contribution in [1.29, 1.82) is 0 Å². The van der Waals surface area contributed by atoms with Crippen LogP contribution in [0.2, 0.25) is 5.02 Å². The molecule has 0 saturated heterocycles. The Labute approximate surface area is 78.2 Å². The van der Waals surface area contributed by atoms with Gasteiger partial charge in [-0.05, 0) is 47.2 Å². The summed E-state index contributed by atoms with van der Waals surface area (Å²) in [5, 5.41) is 9.50. The summed E-state index contributed by atoms with van der Waals surface area (Å²) in [4.78, 5) is 0. The van der Waals surface area contributed by atoms with Gasteiger partial charge in [0.2, 0.25) is 0 Å². The molecule has 1 aromatic carbocycles. The zero-order valence-electron chi connectivity index (χ0n) is 5.36. The predicted molar refractivity (Wildman–Crippen MR) is 50.6 cm³/mol. The number of rotatable bonds is 0. The topological polar surface area (TPSA) is 20.2 Å². The van der Waals surface area contributed by atoms with Crippen LogP contribution in [0.5, 0.6) is 5.75 Å². The molecule has 1 aromatic rings. The van der Waals surface area contributed by atoms with Gasteiger partial charge in [0.1, 0.15) is 5.75 Å². The Morgan fingerprint density at radius 3 is 2.60 bits per heavy atom. The van der Waals surface area contributed by atoms with Crippen LogP contribution in [0.3, 0.4) is 0 Å². The normalized spacial score (nSPS) is 9.90. The Kier molecular flexibility index (Phi) is 2.41. The Hall–Kier alpha value is 0.0400. The second-order valence-electron chi connectivity index (χ2n) is 2.05. The zero-order chi connectivity index (χ0) is 7.72. The molecule has 0 saturated carbocycles. The first-order chi connectivity index (χ1) is 4.61. The Bertz CT molecular complexity index is 210. The number of phenolic OH excluding ortho intramolecular Hbond substituents is 1. The third-order valence-electron chi connectivity index (χ3n) is 1.23. The monoisotopic (exact) mass is 268 g/mol. The molecule has 10 heavy (non-hydrogen) atoms. The van der Waals surface area contributed by atoms with E-state index in [1.807, 2.05) is 6.92 Å². The van der Waals surface area contributed by atoms with Gasteiger partial charge in [0.15, 0.2) is 0 Å². The van der Waals surface area contributed by atoms with E-state index in [2.05, 4.69) is 22.6 Å². The number of halogens is 2. The van der Waals surface area contributed by atoms with Crippen LogP contribution < -0.4 is 0 Å². The maximum Gasteiger partial charge on any atom is 0.134 e. The van der Waals surface area contributed by atoms with Crippen molar-refractivity contribution in [3.63, 3.8) is 0 Å². The van der Waals surface area contributed by atoms with Gasteiger partial charge in [-0.25, -0.2) is 0 Å². The van der Waals surface area contributed by atoms with Crippen LogP contribution in [0.25, 0.3) is 0 Å². The van der Waals surface area contributed by atoms with Crippen molar-refractivity contribution in [2.75, 3.05) is 0 Å². The first-order valence-electron chi connectivity index (χ1n) is 2.76. The van der Waals surface area contributed by atoms with Crippen molar-refractivity contribution < 1.29 is 5.11 Å². The molecule has 0 aliphatic rings. The van der Waals surface area contributed by atoms with Crippen molar-refractivity contribution in [3.05, 3.63) is 26.3 Å². The fourth-order valence-corrected chi connectivity index (χ4v) is 1.46. The molecule has 0 unspecified atom stereocenters. The summed E-state index contributed by atoms with van der Waals surface area (Å²) >= 11 is 7.80. The second-order valence-corrected chi connectivity index (χ2v) is 3.62. The van der Waals surface area contributed by atoms with Crippen molar-refractivity contribution in [2.24, 2.45) is 0 Å². The molecular formula is C7H6ClIO. The van der Waals surface area contributed by atoms with Gasteiger partial charge in [0, 0.05) is 3.57 Å². The van der Waals surface area contributed by atoms with Crippen molar-refractivity contribution in [3.8, 4) is 5.75 Å². The predicted octanol–water partition coefficient (Wildman–Crippen LogP) is 2.96. The molecule has 0 heterocycles. The van der Waals surface area contributed by atoms with Gasteiger partial charge in [0.25, 0.3) is 0 Å². The molecule has 54 valence electrons. The highest BCUT2D eigenvalue weighted by Crippen LogP contribution is 2.27. The lowest BCUT2D eigenvalue weighted by Crippen LogP contribution is -1.79.